The van der Waals surface area contributed by atoms with Crippen molar-refractivity contribution < 1.29 is 5.11 Å². The van der Waals surface area contributed by atoms with Gasteiger partial charge in [-0.05, 0) is 44.2 Å². The number of nitrogens with zero attached hydrogens (tertiary/aromatic N) is 1. The molecule has 194 valence electrons. The normalized spacial score (nSPS) is 13.0. The highest BCUT2D eigenvalue weighted by atomic mass is 16.3. The Hall–Kier alpha value is -0.0800. The lowest BCUT2D eigenvalue weighted by atomic mass is 10.0. The third-order valence-electron chi connectivity index (χ3n) is 6.95. The molecule has 0 heterocycles. The fourth-order valence-corrected chi connectivity index (χ4v) is 4.62. The first kappa shape index (κ1) is 31.9. The maximum atomic E-state index is 10.1. The van der Waals surface area contributed by atoms with Gasteiger partial charge in [-0.3, -0.25) is 0 Å². The first-order valence-corrected chi connectivity index (χ1v) is 14.9. The fourth-order valence-electron chi connectivity index (χ4n) is 4.62. The number of hydrogen-bond acceptors (Lipinski definition) is 2. The van der Waals surface area contributed by atoms with Crippen LogP contribution >= 0.6 is 0 Å². The molecule has 2 nitrogen and oxygen atoms in total. The lowest BCUT2D eigenvalue weighted by molar-refractivity contribution is 0.107. The molecule has 0 saturated heterocycles. The predicted molar refractivity (Wildman–Crippen MR) is 146 cm³/mol. The van der Waals surface area contributed by atoms with Crippen molar-refractivity contribution in [1.82, 2.24) is 4.90 Å². The maximum Gasteiger partial charge on any atom is 0.0664 e. The highest BCUT2D eigenvalue weighted by Crippen LogP contribution is 2.14. The number of aliphatic hydroxyl groups excluding tert-OH is 1. The number of rotatable bonds is 25. The van der Waals surface area contributed by atoms with Crippen molar-refractivity contribution in [3.8, 4) is 0 Å². The van der Waals surface area contributed by atoms with Crippen molar-refractivity contribution in [3.05, 3.63) is 0 Å². The van der Waals surface area contributed by atoms with Gasteiger partial charge in [0.2, 0.25) is 0 Å². The van der Waals surface area contributed by atoms with Crippen molar-refractivity contribution in [3.63, 3.8) is 0 Å². The molecule has 0 bridgehead atoms. The Morgan fingerprint density at radius 3 is 1.12 bits per heavy atom. The van der Waals surface area contributed by atoms with Gasteiger partial charge in [-0.25, -0.2) is 0 Å². The summed E-state index contributed by atoms with van der Waals surface area (Å²) >= 11 is 0. The van der Waals surface area contributed by atoms with Gasteiger partial charge >= 0.3 is 0 Å². The van der Waals surface area contributed by atoms with Gasteiger partial charge in [0.1, 0.15) is 0 Å². The van der Waals surface area contributed by atoms with Crippen LogP contribution in [0, 0.1) is 11.8 Å². The Morgan fingerprint density at radius 2 is 0.812 bits per heavy atom. The average Bonchev–Trinajstić information content (AvgIpc) is 2.75. The summed E-state index contributed by atoms with van der Waals surface area (Å²) in [5.41, 5.74) is 0. The Balaban J connectivity index is 3.68. The van der Waals surface area contributed by atoms with Crippen LogP contribution in [-0.4, -0.2) is 35.7 Å². The van der Waals surface area contributed by atoms with E-state index in [0.29, 0.717) is 0 Å². The second-order valence-corrected chi connectivity index (χ2v) is 11.4. The molecule has 0 aliphatic carbocycles. The summed E-state index contributed by atoms with van der Waals surface area (Å²) < 4.78 is 0. The van der Waals surface area contributed by atoms with Gasteiger partial charge in [-0.1, -0.05) is 137 Å². The van der Waals surface area contributed by atoms with E-state index in [2.05, 4.69) is 39.5 Å². The van der Waals surface area contributed by atoms with Crippen LogP contribution in [0.4, 0.5) is 0 Å². The summed E-state index contributed by atoms with van der Waals surface area (Å²) in [6.07, 6.45) is 25.9. The van der Waals surface area contributed by atoms with Crippen molar-refractivity contribution in [2.75, 3.05) is 19.6 Å². The monoisotopic (exact) mass is 453 g/mol. The van der Waals surface area contributed by atoms with Crippen molar-refractivity contribution in [1.29, 1.82) is 0 Å². The molecule has 0 aromatic rings. The van der Waals surface area contributed by atoms with Crippen LogP contribution in [0.3, 0.4) is 0 Å². The highest BCUT2D eigenvalue weighted by Gasteiger charge is 2.10. The van der Waals surface area contributed by atoms with Gasteiger partial charge in [0.15, 0.2) is 0 Å². The smallest absolute Gasteiger partial charge is 0.0664 e. The van der Waals surface area contributed by atoms with E-state index in [4.69, 9.17) is 0 Å². The SMILES string of the molecule is CCC(O)CN(CCCCCCCCCCC(C)C)CCCCCCCCCCC(C)C. The molecule has 1 N–H and O–H groups in total. The van der Waals surface area contributed by atoms with Crippen LogP contribution in [0.2, 0.25) is 0 Å². The predicted octanol–water partition coefficient (Wildman–Crippen LogP) is 9.39. The minimum Gasteiger partial charge on any atom is -0.392 e. The number of unbranched alkanes of at least 4 members (excludes halogenated alkanes) is 14. The Labute approximate surface area is 204 Å². The molecular weight excluding hydrogens is 390 g/mol. The molecule has 1 unspecified atom stereocenters. The molecular formula is C30H63NO. The van der Waals surface area contributed by atoms with Gasteiger partial charge in [0, 0.05) is 6.54 Å². The van der Waals surface area contributed by atoms with E-state index < -0.39 is 0 Å². The Bertz CT molecular complexity index is 327. The molecule has 0 aromatic carbocycles. The number of aliphatic hydroxyl groups is 1. The van der Waals surface area contributed by atoms with Crippen LogP contribution in [0.5, 0.6) is 0 Å². The lowest BCUT2D eigenvalue weighted by Gasteiger charge is -2.24. The zero-order valence-electron chi connectivity index (χ0n) is 23.2. The van der Waals surface area contributed by atoms with Gasteiger partial charge < -0.3 is 10.0 Å². The fraction of sp³-hybridized carbons (Fsp3) is 1.00. The highest BCUT2D eigenvalue weighted by molar-refractivity contribution is 4.64. The summed E-state index contributed by atoms with van der Waals surface area (Å²) in [7, 11) is 0. The molecule has 0 aromatic heterocycles. The van der Waals surface area contributed by atoms with Crippen molar-refractivity contribution in [2.24, 2.45) is 11.8 Å². The molecule has 0 aliphatic rings. The van der Waals surface area contributed by atoms with E-state index >= 15 is 0 Å². The third kappa shape index (κ3) is 24.6. The van der Waals surface area contributed by atoms with Crippen LogP contribution < -0.4 is 0 Å². The molecule has 0 saturated carbocycles. The minimum absolute atomic E-state index is 0.147. The molecule has 0 amide bonds. The third-order valence-corrected chi connectivity index (χ3v) is 6.95. The molecule has 1 atom stereocenters. The van der Waals surface area contributed by atoms with E-state index in [1.54, 1.807) is 0 Å². The second-order valence-electron chi connectivity index (χ2n) is 11.4. The van der Waals surface area contributed by atoms with Crippen molar-refractivity contribution in [2.45, 2.75) is 163 Å². The first-order chi connectivity index (χ1) is 15.5. The lowest BCUT2D eigenvalue weighted by Crippen LogP contribution is -2.33. The molecule has 0 rings (SSSR count). The summed E-state index contributed by atoms with van der Waals surface area (Å²) in [4.78, 5) is 2.55. The Morgan fingerprint density at radius 1 is 0.500 bits per heavy atom. The van der Waals surface area contributed by atoms with E-state index in [-0.39, 0.29) is 6.10 Å². The first-order valence-electron chi connectivity index (χ1n) is 14.9. The molecule has 0 fully saturated rings. The molecule has 2 heteroatoms. The van der Waals surface area contributed by atoms with Crippen LogP contribution in [0.25, 0.3) is 0 Å². The Kier molecular flexibility index (Phi) is 24.0. The minimum atomic E-state index is -0.147. The van der Waals surface area contributed by atoms with Gasteiger partial charge in [0.05, 0.1) is 6.10 Å². The topological polar surface area (TPSA) is 23.5 Å². The van der Waals surface area contributed by atoms with E-state index in [0.717, 1.165) is 24.8 Å². The maximum absolute atomic E-state index is 10.1. The van der Waals surface area contributed by atoms with Crippen LogP contribution in [0.1, 0.15) is 157 Å². The van der Waals surface area contributed by atoms with Crippen LogP contribution in [-0.2, 0) is 0 Å². The molecule has 32 heavy (non-hydrogen) atoms. The summed E-state index contributed by atoms with van der Waals surface area (Å²) in [5, 5.41) is 10.1. The molecule has 0 spiro atoms. The quantitative estimate of drug-likeness (QED) is 0.139. The van der Waals surface area contributed by atoms with E-state index in [9.17, 15) is 5.11 Å². The molecule has 0 aliphatic heterocycles. The molecule has 0 radical (unpaired) electrons. The van der Waals surface area contributed by atoms with E-state index in [1.165, 1.54) is 129 Å². The number of hydrogen-bond donors (Lipinski definition) is 1. The standard InChI is InChI=1S/C30H63NO/c1-6-30(32)27-31(25-21-17-13-9-7-11-15-19-23-28(2)3)26-22-18-14-10-8-12-16-20-24-29(4)5/h28-30,32H,6-27H2,1-5H3. The second kappa shape index (κ2) is 24.1. The van der Waals surface area contributed by atoms with Crippen molar-refractivity contribution >= 4 is 0 Å². The summed E-state index contributed by atoms with van der Waals surface area (Å²) in [6.45, 7) is 14.7. The largest absolute Gasteiger partial charge is 0.392 e. The summed E-state index contributed by atoms with van der Waals surface area (Å²) in [5.74, 6) is 1.74. The zero-order chi connectivity index (χ0) is 23.9. The summed E-state index contributed by atoms with van der Waals surface area (Å²) in [6, 6.07) is 0. The van der Waals surface area contributed by atoms with Gasteiger partial charge in [-0.2, -0.15) is 0 Å². The van der Waals surface area contributed by atoms with E-state index in [1.807, 2.05) is 0 Å². The van der Waals surface area contributed by atoms with Crippen LogP contribution in [0.15, 0.2) is 0 Å². The average molecular weight is 454 g/mol. The zero-order valence-corrected chi connectivity index (χ0v) is 23.2. The van der Waals surface area contributed by atoms with Gasteiger partial charge in [0.25, 0.3) is 0 Å². The van der Waals surface area contributed by atoms with Gasteiger partial charge in [-0.15, -0.1) is 0 Å².